The lowest BCUT2D eigenvalue weighted by Gasteiger charge is -2.03. The number of nitrogen functional groups attached to an aromatic ring is 1. The highest BCUT2D eigenvalue weighted by Gasteiger charge is 2.00. The van der Waals surface area contributed by atoms with E-state index in [1.165, 1.54) is 0 Å². The van der Waals surface area contributed by atoms with Gasteiger partial charge >= 0.3 is 0 Å². The van der Waals surface area contributed by atoms with Crippen LogP contribution in [-0.4, -0.2) is 5.84 Å². The summed E-state index contributed by atoms with van der Waals surface area (Å²) in [5.41, 5.74) is 12.4. The van der Waals surface area contributed by atoms with Crippen molar-refractivity contribution in [2.45, 2.75) is 6.54 Å². The summed E-state index contributed by atoms with van der Waals surface area (Å²) in [6.07, 6.45) is 0. The third kappa shape index (κ3) is 1.56. The summed E-state index contributed by atoms with van der Waals surface area (Å²) in [5.74, 6) is 0.0750. The predicted molar refractivity (Wildman–Crippen MR) is 45.3 cm³/mol. The van der Waals surface area contributed by atoms with E-state index in [1.807, 2.05) is 18.2 Å². The molecule has 1 rings (SSSR count). The highest BCUT2D eigenvalue weighted by molar-refractivity contribution is 5.96. The molecular formula is C8H11N3. The van der Waals surface area contributed by atoms with Crippen LogP contribution in [0.2, 0.25) is 0 Å². The van der Waals surface area contributed by atoms with Gasteiger partial charge in [0.1, 0.15) is 5.84 Å². The molecule has 1 aromatic carbocycles. The van der Waals surface area contributed by atoms with E-state index in [1.54, 1.807) is 6.07 Å². The molecule has 0 saturated heterocycles. The van der Waals surface area contributed by atoms with E-state index in [2.05, 4.69) is 0 Å². The smallest absolute Gasteiger partial charge is 0.123 e. The second-order valence-corrected chi connectivity index (χ2v) is 2.27. The lowest BCUT2D eigenvalue weighted by Crippen LogP contribution is -2.15. The minimum absolute atomic E-state index is 0.0750. The molecule has 0 saturated carbocycles. The van der Waals surface area contributed by atoms with Crippen LogP contribution in [0.5, 0.6) is 0 Å². The van der Waals surface area contributed by atoms with Crippen LogP contribution in [0.1, 0.15) is 11.1 Å². The number of hydrogen-bond donors (Lipinski definition) is 3. The minimum Gasteiger partial charge on any atom is -0.384 e. The Kier molecular flexibility index (Phi) is 2.23. The molecular weight excluding hydrogens is 138 g/mol. The van der Waals surface area contributed by atoms with Crippen molar-refractivity contribution in [1.82, 2.24) is 0 Å². The van der Waals surface area contributed by atoms with Crippen molar-refractivity contribution in [2.24, 2.45) is 11.5 Å². The van der Waals surface area contributed by atoms with Gasteiger partial charge in [0.05, 0.1) is 0 Å². The van der Waals surface area contributed by atoms with Gasteiger partial charge in [-0.05, 0) is 5.56 Å². The average Bonchev–Trinajstić information content (AvgIpc) is 2.04. The molecule has 1 aromatic rings. The molecule has 5 N–H and O–H groups in total. The molecule has 0 radical (unpaired) electrons. The van der Waals surface area contributed by atoms with Crippen molar-refractivity contribution in [3.8, 4) is 0 Å². The first kappa shape index (κ1) is 7.75. The topological polar surface area (TPSA) is 75.9 Å². The zero-order valence-corrected chi connectivity index (χ0v) is 6.17. The molecule has 0 amide bonds. The molecule has 0 aliphatic heterocycles. The number of benzene rings is 1. The van der Waals surface area contributed by atoms with Crippen molar-refractivity contribution in [3.05, 3.63) is 35.4 Å². The van der Waals surface area contributed by atoms with Crippen molar-refractivity contribution in [2.75, 3.05) is 0 Å². The van der Waals surface area contributed by atoms with Crippen LogP contribution in [0.4, 0.5) is 0 Å². The Morgan fingerprint density at radius 3 is 2.45 bits per heavy atom. The van der Waals surface area contributed by atoms with Gasteiger partial charge in [-0.3, -0.25) is 5.41 Å². The standard InChI is InChI=1S/C8H11N3/c9-5-6-3-1-2-4-7(6)8(10)11/h1-4H,5,9H2,(H3,10,11). The van der Waals surface area contributed by atoms with E-state index in [-0.39, 0.29) is 5.84 Å². The van der Waals surface area contributed by atoms with Crippen LogP contribution >= 0.6 is 0 Å². The lowest BCUT2D eigenvalue weighted by molar-refractivity contribution is 1.06. The number of amidine groups is 1. The third-order valence-corrected chi connectivity index (χ3v) is 1.53. The molecule has 0 aliphatic rings. The molecule has 0 fully saturated rings. The molecule has 3 nitrogen and oxygen atoms in total. The molecule has 3 heteroatoms. The maximum atomic E-state index is 7.20. The Balaban J connectivity index is 3.12. The molecule has 0 spiro atoms. The van der Waals surface area contributed by atoms with Gasteiger partial charge < -0.3 is 11.5 Å². The molecule has 0 aliphatic carbocycles. The van der Waals surface area contributed by atoms with Crippen LogP contribution in [0.25, 0.3) is 0 Å². The quantitative estimate of drug-likeness (QED) is 0.421. The molecule has 0 atom stereocenters. The van der Waals surface area contributed by atoms with Crippen molar-refractivity contribution >= 4 is 5.84 Å². The van der Waals surface area contributed by atoms with Gasteiger partial charge in [-0.25, -0.2) is 0 Å². The van der Waals surface area contributed by atoms with E-state index in [4.69, 9.17) is 16.9 Å². The van der Waals surface area contributed by atoms with Gasteiger partial charge in [-0.15, -0.1) is 0 Å². The number of rotatable bonds is 2. The largest absolute Gasteiger partial charge is 0.384 e. The Labute approximate surface area is 65.5 Å². The number of nitrogens with two attached hydrogens (primary N) is 2. The first-order valence-electron chi connectivity index (χ1n) is 3.38. The van der Waals surface area contributed by atoms with Gasteiger partial charge in [0, 0.05) is 12.1 Å². The van der Waals surface area contributed by atoms with Crippen LogP contribution < -0.4 is 11.5 Å². The summed E-state index contributed by atoms with van der Waals surface area (Å²) >= 11 is 0. The fraction of sp³-hybridized carbons (Fsp3) is 0.125. The van der Waals surface area contributed by atoms with E-state index in [0.717, 1.165) is 11.1 Å². The summed E-state index contributed by atoms with van der Waals surface area (Å²) in [6, 6.07) is 7.39. The maximum Gasteiger partial charge on any atom is 0.123 e. The lowest BCUT2D eigenvalue weighted by atomic mass is 10.1. The summed E-state index contributed by atoms with van der Waals surface area (Å²) in [5, 5.41) is 7.20. The minimum atomic E-state index is 0.0750. The molecule has 11 heavy (non-hydrogen) atoms. The average molecular weight is 149 g/mol. The maximum absolute atomic E-state index is 7.20. The normalized spacial score (nSPS) is 9.55. The molecule has 0 aromatic heterocycles. The number of hydrogen-bond acceptors (Lipinski definition) is 2. The number of nitrogens with one attached hydrogen (secondary N) is 1. The van der Waals surface area contributed by atoms with Crippen LogP contribution in [-0.2, 0) is 6.54 Å². The van der Waals surface area contributed by atoms with Gasteiger partial charge in [-0.2, -0.15) is 0 Å². The highest BCUT2D eigenvalue weighted by atomic mass is 14.7. The van der Waals surface area contributed by atoms with Gasteiger partial charge in [0.2, 0.25) is 0 Å². The summed E-state index contributed by atoms with van der Waals surface area (Å²) in [7, 11) is 0. The van der Waals surface area contributed by atoms with Gasteiger partial charge in [0.25, 0.3) is 0 Å². The Bertz CT molecular complexity index is 268. The Hall–Kier alpha value is -1.35. The predicted octanol–water partition coefficient (Wildman–Crippen LogP) is 0.429. The fourth-order valence-corrected chi connectivity index (χ4v) is 0.961. The van der Waals surface area contributed by atoms with Crippen LogP contribution in [0, 0.1) is 5.41 Å². The first-order chi connectivity index (χ1) is 5.25. The van der Waals surface area contributed by atoms with Crippen molar-refractivity contribution in [1.29, 1.82) is 5.41 Å². The van der Waals surface area contributed by atoms with Crippen LogP contribution in [0.15, 0.2) is 24.3 Å². The zero-order valence-electron chi connectivity index (χ0n) is 6.17. The van der Waals surface area contributed by atoms with E-state index < -0.39 is 0 Å². The van der Waals surface area contributed by atoms with E-state index >= 15 is 0 Å². The molecule has 0 bridgehead atoms. The Morgan fingerprint density at radius 1 is 1.36 bits per heavy atom. The van der Waals surface area contributed by atoms with E-state index in [0.29, 0.717) is 6.54 Å². The Morgan fingerprint density at radius 2 is 2.00 bits per heavy atom. The third-order valence-electron chi connectivity index (χ3n) is 1.53. The fourth-order valence-electron chi connectivity index (χ4n) is 0.961. The van der Waals surface area contributed by atoms with Gasteiger partial charge in [0.15, 0.2) is 0 Å². The summed E-state index contributed by atoms with van der Waals surface area (Å²) < 4.78 is 0. The summed E-state index contributed by atoms with van der Waals surface area (Å²) in [6.45, 7) is 0.426. The molecule has 0 heterocycles. The van der Waals surface area contributed by atoms with Gasteiger partial charge in [-0.1, -0.05) is 24.3 Å². The zero-order chi connectivity index (χ0) is 8.27. The highest BCUT2D eigenvalue weighted by Crippen LogP contribution is 2.05. The van der Waals surface area contributed by atoms with E-state index in [9.17, 15) is 0 Å². The molecule has 58 valence electrons. The monoisotopic (exact) mass is 149 g/mol. The van der Waals surface area contributed by atoms with Crippen LogP contribution in [0.3, 0.4) is 0 Å². The molecule has 0 unspecified atom stereocenters. The summed E-state index contributed by atoms with van der Waals surface area (Å²) in [4.78, 5) is 0. The SMILES string of the molecule is N=C(N)c1ccccc1CN. The second kappa shape index (κ2) is 3.16. The first-order valence-corrected chi connectivity index (χ1v) is 3.38. The van der Waals surface area contributed by atoms with Crippen molar-refractivity contribution < 1.29 is 0 Å². The second-order valence-electron chi connectivity index (χ2n) is 2.27. The van der Waals surface area contributed by atoms with Crippen molar-refractivity contribution in [3.63, 3.8) is 0 Å².